The third kappa shape index (κ3) is 5.25. The Morgan fingerprint density at radius 3 is 2.54 bits per heavy atom. The summed E-state index contributed by atoms with van der Waals surface area (Å²) in [7, 11) is 1.46. The number of rotatable bonds is 7. The lowest BCUT2D eigenvalue weighted by Crippen LogP contribution is -2.29. The molecule has 0 spiro atoms. The number of nitrogens with one attached hydrogen (secondary N) is 2. The monoisotopic (exact) mass is 579 g/mol. The zero-order chi connectivity index (χ0) is 27.7. The van der Waals surface area contributed by atoms with E-state index < -0.39 is 0 Å². The maximum absolute atomic E-state index is 12.1. The van der Waals surface area contributed by atoms with Gasteiger partial charge < -0.3 is 24.8 Å². The fourth-order valence-corrected chi connectivity index (χ4v) is 5.90. The van der Waals surface area contributed by atoms with Gasteiger partial charge in [0.1, 0.15) is 6.61 Å². The van der Waals surface area contributed by atoms with Crippen molar-refractivity contribution in [2.24, 2.45) is 0 Å². The summed E-state index contributed by atoms with van der Waals surface area (Å²) >= 11 is 19.1. The van der Waals surface area contributed by atoms with E-state index in [0.29, 0.717) is 20.8 Å². The first-order valence-electron chi connectivity index (χ1n) is 12.3. The minimum absolute atomic E-state index is 0.0624. The lowest BCUT2D eigenvalue weighted by atomic mass is 9.96. The minimum Gasteiger partial charge on any atom is -0.375 e. The van der Waals surface area contributed by atoms with Gasteiger partial charge in [0, 0.05) is 30.4 Å². The van der Waals surface area contributed by atoms with Gasteiger partial charge in [-0.2, -0.15) is 0 Å². The van der Waals surface area contributed by atoms with Crippen LogP contribution in [0.2, 0.25) is 10.0 Å². The number of aryl methyl sites for hydroxylation is 1. The topological polar surface area (TPSA) is 71.4 Å². The van der Waals surface area contributed by atoms with Crippen molar-refractivity contribution < 1.29 is 9.53 Å². The number of thiocarbonyl (C=S) groups is 1. The Hall–Kier alpha value is -3.43. The second-order valence-electron chi connectivity index (χ2n) is 9.26. The number of benzene rings is 2. The van der Waals surface area contributed by atoms with Crippen LogP contribution in [0, 0.1) is 13.8 Å². The number of hydrogen-bond acceptors (Lipinski definition) is 4. The molecule has 2 aromatic heterocycles. The van der Waals surface area contributed by atoms with Crippen LogP contribution in [0.4, 0.5) is 11.4 Å². The summed E-state index contributed by atoms with van der Waals surface area (Å²) in [4.78, 5) is 18.8. The average molecular weight is 581 g/mol. The summed E-state index contributed by atoms with van der Waals surface area (Å²) in [6, 6.07) is 20.8. The Labute approximate surface area is 242 Å². The number of amides is 1. The predicted octanol–water partition coefficient (Wildman–Crippen LogP) is 6.56. The molecule has 0 radical (unpaired) electrons. The summed E-state index contributed by atoms with van der Waals surface area (Å²) in [6.45, 7) is 4.09. The molecule has 2 atom stereocenters. The number of halogens is 2. The number of methoxy groups -OCH3 is 1. The molecule has 0 aliphatic carbocycles. The van der Waals surface area contributed by atoms with Crippen LogP contribution in [0.3, 0.4) is 0 Å². The van der Waals surface area contributed by atoms with Gasteiger partial charge in [-0.1, -0.05) is 41.4 Å². The summed E-state index contributed by atoms with van der Waals surface area (Å²) in [5, 5.41) is 7.87. The van der Waals surface area contributed by atoms with Crippen LogP contribution in [0.15, 0.2) is 72.9 Å². The highest BCUT2D eigenvalue weighted by Crippen LogP contribution is 2.45. The number of ether oxygens (including phenoxy) is 1. The third-order valence-electron chi connectivity index (χ3n) is 6.76. The Morgan fingerprint density at radius 2 is 1.85 bits per heavy atom. The van der Waals surface area contributed by atoms with Crippen molar-refractivity contribution in [2.75, 3.05) is 23.9 Å². The smallest absolute Gasteiger partial charge is 0.250 e. The molecule has 1 fully saturated rings. The van der Waals surface area contributed by atoms with Crippen molar-refractivity contribution in [3.8, 4) is 5.69 Å². The molecule has 2 N–H and O–H groups in total. The molecule has 1 aliphatic heterocycles. The van der Waals surface area contributed by atoms with Crippen LogP contribution in [0.25, 0.3) is 5.69 Å². The number of pyridine rings is 1. The first-order valence-corrected chi connectivity index (χ1v) is 13.5. The molecule has 0 bridgehead atoms. The molecule has 2 aromatic carbocycles. The Balaban J connectivity index is 1.62. The van der Waals surface area contributed by atoms with Gasteiger partial charge in [0.15, 0.2) is 5.11 Å². The fraction of sp³-hybridized carbons (Fsp3) is 0.207. The molecule has 1 aliphatic rings. The second kappa shape index (κ2) is 11.4. The highest BCUT2D eigenvalue weighted by atomic mass is 35.5. The van der Waals surface area contributed by atoms with E-state index >= 15 is 0 Å². The molecule has 4 aromatic rings. The van der Waals surface area contributed by atoms with Gasteiger partial charge in [0.25, 0.3) is 0 Å². The molecular formula is C29H27Cl2N5O2S. The van der Waals surface area contributed by atoms with E-state index in [4.69, 9.17) is 40.2 Å². The van der Waals surface area contributed by atoms with Gasteiger partial charge in [-0.25, -0.2) is 0 Å². The van der Waals surface area contributed by atoms with E-state index in [2.05, 4.69) is 45.0 Å². The fourth-order valence-electron chi connectivity index (χ4n) is 5.11. The number of carbonyl (C=O) groups is 1. The van der Waals surface area contributed by atoms with E-state index in [9.17, 15) is 4.79 Å². The van der Waals surface area contributed by atoms with Crippen molar-refractivity contribution in [1.82, 2.24) is 14.9 Å². The molecule has 7 nitrogen and oxygen atoms in total. The summed E-state index contributed by atoms with van der Waals surface area (Å²) < 4.78 is 7.07. The molecule has 1 saturated heterocycles. The normalized spacial score (nSPS) is 16.8. The predicted molar refractivity (Wildman–Crippen MR) is 160 cm³/mol. The van der Waals surface area contributed by atoms with E-state index in [1.165, 1.54) is 7.11 Å². The van der Waals surface area contributed by atoms with Crippen LogP contribution >= 0.6 is 35.4 Å². The molecule has 0 saturated carbocycles. The first-order chi connectivity index (χ1) is 18.8. The molecule has 200 valence electrons. The molecule has 10 heteroatoms. The largest absolute Gasteiger partial charge is 0.375 e. The van der Waals surface area contributed by atoms with Gasteiger partial charge >= 0.3 is 0 Å². The van der Waals surface area contributed by atoms with Crippen LogP contribution < -0.4 is 15.5 Å². The summed E-state index contributed by atoms with van der Waals surface area (Å²) in [6.07, 6.45) is 1.78. The van der Waals surface area contributed by atoms with Gasteiger partial charge in [0.2, 0.25) is 5.91 Å². The summed E-state index contributed by atoms with van der Waals surface area (Å²) in [5.41, 5.74) is 6.21. The van der Waals surface area contributed by atoms with Crippen molar-refractivity contribution in [2.45, 2.75) is 25.9 Å². The number of anilines is 2. The minimum atomic E-state index is -0.286. The number of aromatic nitrogens is 2. The van der Waals surface area contributed by atoms with Gasteiger partial charge in [-0.15, -0.1) is 0 Å². The molecule has 0 unspecified atom stereocenters. The van der Waals surface area contributed by atoms with Crippen LogP contribution in [0.1, 0.15) is 34.7 Å². The van der Waals surface area contributed by atoms with Gasteiger partial charge in [0.05, 0.1) is 39.2 Å². The molecular weight excluding hydrogens is 553 g/mol. The Morgan fingerprint density at radius 1 is 1.08 bits per heavy atom. The zero-order valence-corrected chi connectivity index (χ0v) is 23.9. The number of carbonyl (C=O) groups excluding carboxylic acids is 1. The van der Waals surface area contributed by atoms with Gasteiger partial charge in [-0.05, 0) is 80.2 Å². The SMILES string of the molecule is COCC(=O)Nc1ccc(N2C(=S)N[C@@H](c3ccccn3)[C@H]2c2cc(C)n(-c3ccccc3Cl)c2C)cc1Cl. The van der Waals surface area contributed by atoms with Crippen LogP contribution in [-0.4, -0.2) is 34.3 Å². The number of hydrogen-bond donors (Lipinski definition) is 2. The quantitative estimate of drug-likeness (QED) is 0.242. The molecule has 39 heavy (non-hydrogen) atoms. The highest BCUT2D eigenvalue weighted by molar-refractivity contribution is 7.80. The maximum Gasteiger partial charge on any atom is 0.250 e. The zero-order valence-electron chi connectivity index (χ0n) is 21.6. The van der Waals surface area contributed by atoms with E-state index in [1.807, 2.05) is 48.5 Å². The Kier molecular flexibility index (Phi) is 7.91. The van der Waals surface area contributed by atoms with Crippen LogP contribution in [-0.2, 0) is 9.53 Å². The number of nitrogens with zero attached hydrogens (tertiary/aromatic N) is 3. The third-order valence-corrected chi connectivity index (χ3v) is 7.71. The molecule has 5 rings (SSSR count). The second-order valence-corrected chi connectivity index (χ2v) is 10.5. The average Bonchev–Trinajstić information content (AvgIpc) is 3.41. The van der Waals surface area contributed by atoms with E-state index in [1.54, 1.807) is 18.3 Å². The van der Waals surface area contributed by atoms with Crippen molar-refractivity contribution in [1.29, 1.82) is 0 Å². The van der Waals surface area contributed by atoms with Crippen molar-refractivity contribution in [3.05, 3.63) is 106 Å². The van der Waals surface area contributed by atoms with Gasteiger partial charge in [-0.3, -0.25) is 9.78 Å². The number of para-hydroxylation sites is 1. The van der Waals surface area contributed by atoms with Crippen LogP contribution in [0.5, 0.6) is 0 Å². The standard InChI is InChI=1S/C29H27Cl2N5O2S/c1-17-14-20(18(2)35(17)25-10-5-4-8-21(25)30)28-27(24-9-6-7-13-32-24)34-29(39)36(28)19-11-12-23(22(31)15-19)33-26(37)16-38-3/h4-15,27-28H,16H2,1-3H3,(H,33,37)(H,34,39)/t27-,28+/m0/s1. The lowest BCUT2D eigenvalue weighted by Gasteiger charge is -2.28. The van der Waals surface area contributed by atoms with E-state index in [-0.39, 0.29) is 24.6 Å². The van der Waals surface area contributed by atoms with Crippen molar-refractivity contribution in [3.63, 3.8) is 0 Å². The van der Waals surface area contributed by atoms with E-state index in [0.717, 1.165) is 34.0 Å². The maximum atomic E-state index is 12.1. The Bertz CT molecular complexity index is 1540. The lowest BCUT2D eigenvalue weighted by molar-refractivity contribution is -0.119. The highest BCUT2D eigenvalue weighted by Gasteiger charge is 2.42. The first kappa shape index (κ1) is 27.1. The molecule has 1 amide bonds. The van der Waals surface area contributed by atoms with Crippen molar-refractivity contribution >= 4 is 57.8 Å². The molecule has 3 heterocycles. The summed E-state index contributed by atoms with van der Waals surface area (Å²) in [5.74, 6) is -0.286.